The van der Waals surface area contributed by atoms with Crippen molar-refractivity contribution >= 4 is 11.8 Å². The standard InChI is InChI=1S/C10H11NO4/c1-4-7-5-8(14-2)6-9(11(12)13)10(7)15-3/h4-6H,1H2,2-3H3. The van der Waals surface area contributed by atoms with Crippen LogP contribution in [0.15, 0.2) is 18.7 Å². The Hall–Kier alpha value is -2.04. The predicted octanol–water partition coefficient (Wildman–Crippen LogP) is 2.25. The summed E-state index contributed by atoms with van der Waals surface area (Å²) in [6.07, 6.45) is 1.48. The summed E-state index contributed by atoms with van der Waals surface area (Å²) in [5.41, 5.74) is 0.398. The van der Waals surface area contributed by atoms with Crippen LogP contribution in [0.4, 0.5) is 5.69 Å². The van der Waals surface area contributed by atoms with Gasteiger partial charge in [0.15, 0.2) is 0 Å². The van der Waals surface area contributed by atoms with E-state index in [9.17, 15) is 10.1 Å². The zero-order chi connectivity index (χ0) is 11.4. The van der Waals surface area contributed by atoms with Gasteiger partial charge in [0.2, 0.25) is 5.75 Å². The van der Waals surface area contributed by atoms with Crippen LogP contribution in [-0.2, 0) is 0 Å². The van der Waals surface area contributed by atoms with E-state index in [1.807, 2.05) is 0 Å². The molecule has 0 amide bonds. The number of nitro benzene ring substituents is 1. The molecule has 15 heavy (non-hydrogen) atoms. The van der Waals surface area contributed by atoms with Crippen molar-refractivity contribution in [3.05, 3.63) is 34.4 Å². The Bertz CT molecular complexity index is 401. The largest absolute Gasteiger partial charge is 0.496 e. The lowest BCUT2D eigenvalue weighted by atomic mass is 10.1. The predicted molar refractivity (Wildman–Crippen MR) is 56.3 cm³/mol. The van der Waals surface area contributed by atoms with Crippen molar-refractivity contribution in [2.75, 3.05) is 14.2 Å². The number of benzene rings is 1. The van der Waals surface area contributed by atoms with Crippen LogP contribution < -0.4 is 9.47 Å². The van der Waals surface area contributed by atoms with Crippen LogP contribution in [0.2, 0.25) is 0 Å². The molecule has 0 bridgehead atoms. The van der Waals surface area contributed by atoms with E-state index in [1.54, 1.807) is 6.07 Å². The molecule has 0 fully saturated rings. The maximum absolute atomic E-state index is 10.8. The Morgan fingerprint density at radius 1 is 1.40 bits per heavy atom. The second kappa shape index (κ2) is 4.45. The average molecular weight is 209 g/mol. The highest BCUT2D eigenvalue weighted by molar-refractivity contribution is 5.66. The van der Waals surface area contributed by atoms with Gasteiger partial charge in [0.25, 0.3) is 0 Å². The van der Waals surface area contributed by atoms with Gasteiger partial charge in [0.1, 0.15) is 5.75 Å². The smallest absolute Gasteiger partial charge is 0.315 e. The third kappa shape index (κ3) is 2.07. The number of methoxy groups -OCH3 is 2. The van der Waals surface area contributed by atoms with Crippen LogP contribution in [0.1, 0.15) is 5.56 Å². The molecule has 0 aromatic heterocycles. The molecular weight excluding hydrogens is 198 g/mol. The number of ether oxygens (including phenoxy) is 2. The van der Waals surface area contributed by atoms with E-state index in [0.717, 1.165) is 0 Å². The third-order valence-corrected chi connectivity index (χ3v) is 1.93. The van der Waals surface area contributed by atoms with Gasteiger partial charge in [0, 0.05) is 5.56 Å². The van der Waals surface area contributed by atoms with E-state index in [4.69, 9.17) is 9.47 Å². The Balaban J connectivity index is 3.45. The summed E-state index contributed by atoms with van der Waals surface area (Å²) in [5.74, 6) is 0.591. The Morgan fingerprint density at radius 3 is 2.47 bits per heavy atom. The molecule has 0 atom stereocenters. The van der Waals surface area contributed by atoms with Crippen LogP contribution in [0.25, 0.3) is 6.08 Å². The van der Waals surface area contributed by atoms with Crippen molar-refractivity contribution in [3.8, 4) is 11.5 Å². The van der Waals surface area contributed by atoms with Crippen molar-refractivity contribution in [1.82, 2.24) is 0 Å². The van der Waals surface area contributed by atoms with Gasteiger partial charge >= 0.3 is 5.69 Å². The fraction of sp³-hybridized carbons (Fsp3) is 0.200. The molecule has 5 nitrogen and oxygen atoms in total. The molecule has 0 saturated carbocycles. The van der Waals surface area contributed by atoms with Crippen molar-refractivity contribution in [3.63, 3.8) is 0 Å². The van der Waals surface area contributed by atoms with E-state index in [0.29, 0.717) is 11.3 Å². The lowest BCUT2D eigenvalue weighted by Crippen LogP contribution is -1.97. The van der Waals surface area contributed by atoms with Gasteiger partial charge < -0.3 is 9.47 Å². The summed E-state index contributed by atoms with van der Waals surface area (Å²) < 4.78 is 9.90. The zero-order valence-corrected chi connectivity index (χ0v) is 8.52. The van der Waals surface area contributed by atoms with Crippen LogP contribution in [0, 0.1) is 10.1 Å². The minimum absolute atomic E-state index is 0.133. The van der Waals surface area contributed by atoms with Crippen molar-refractivity contribution in [2.24, 2.45) is 0 Å². The Labute approximate surface area is 87.1 Å². The highest BCUT2D eigenvalue weighted by Crippen LogP contribution is 2.35. The van der Waals surface area contributed by atoms with E-state index in [-0.39, 0.29) is 11.4 Å². The molecule has 0 unspecified atom stereocenters. The quantitative estimate of drug-likeness (QED) is 0.563. The van der Waals surface area contributed by atoms with E-state index in [1.165, 1.54) is 26.4 Å². The minimum atomic E-state index is -0.519. The maximum Gasteiger partial charge on any atom is 0.315 e. The molecule has 0 heterocycles. The number of nitro groups is 1. The number of hydrogen-bond donors (Lipinski definition) is 0. The lowest BCUT2D eigenvalue weighted by molar-refractivity contribution is -0.385. The van der Waals surface area contributed by atoms with E-state index in [2.05, 4.69) is 6.58 Å². The van der Waals surface area contributed by atoms with E-state index >= 15 is 0 Å². The van der Waals surface area contributed by atoms with Crippen LogP contribution in [0.5, 0.6) is 11.5 Å². The average Bonchev–Trinajstić information content (AvgIpc) is 2.26. The maximum atomic E-state index is 10.8. The molecule has 5 heteroatoms. The molecule has 0 spiro atoms. The first-order valence-corrected chi connectivity index (χ1v) is 4.17. The fourth-order valence-electron chi connectivity index (χ4n) is 1.24. The van der Waals surface area contributed by atoms with Crippen LogP contribution in [0.3, 0.4) is 0 Å². The van der Waals surface area contributed by atoms with E-state index < -0.39 is 4.92 Å². The summed E-state index contributed by atoms with van der Waals surface area (Å²) in [7, 11) is 2.82. The number of hydrogen-bond acceptors (Lipinski definition) is 4. The van der Waals surface area contributed by atoms with Gasteiger partial charge in [-0.05, 0) is 6.07 Å². The second-order valence-electron chi connectivity index (χ2n) is 2.73. The highest BCUT2D eigenvalue weighted by Gasteiger charge is 2.19. The summed E-state index contributed by atoms with van der Waals surface area (Å²) in [5, 5.41) is 10.8. The molecule has 1 aromatic rings. The van der Waals surface area contributed by atoms with Crippen LogP contribution >= 0.6 is 0 Å². The molecule has 0 N–H and O–H groups in total. The SMILES string of the molecule is C=Cc1cc(OC)cc([N+](=O)[O-])c1OC. The number of rotatable bonds is 4. The lowest BCUT2D eigenvalue weighted by Gasteiger charge is -2.07. The normalized spacial score (nSPS) is 9.47. The minimum Gasteiger partial charge on any atom is -0.496 e. The molecule has 0 aliphatic carbocycles. The molecule has 80 valence electrons. The van der Waals surface area contributed by atoms with Crippen molar-refractivity contribution in [2.45, 2.75) is 0 Å². The summed E-state index contributed by atoms with van der Waals surface area (Å²) in [6, 6.07) is 2.94. The van der Waals surface area contributed by atoms with Crippen molar-refractivity contribution < 1.29 is 14.4 Å². The summed E-state index contributed by atoms with van der Waals surface area (Å²) >= 11 is 0. The Morgan fingerprint density at radius 2 is 2.07 bits per heavy atom. The summed E-state index contributed by atoms with van der Waals surface area (Å²) in [4.78, 5) is 10.2. The highest BCUT2D eigenvalue weighted by atomic mass is 16.6. The first-order chi connectivity index (χ1) is 7.13. The van der Waals surface area contributed by atoms with Gasteiger partial charge in [-0.2, -0.15) is 0 Å². The molecule has 0 saturated heterocycles. The van der Waals surface area contributed by atoms with Gasteiger partial charge in [-0.25, -0.2) is 0 Å². The zero-order valence-electron chi connectivity index (χ0n) is 8.52. The van der Waals surface area contributed by atoms with Gasteiger partial charge in [-0.3, -0.25) is 10.1 Å². The monoisotopic (exact) mass is 209 g/mol. The van der Waals surface area contributed by atoms with Gasteiger partial charge in [0.05, 0.1) is 25.2 Å². The first kappa shape index (κ1) is 11.0. The summed E-state index contributed by atoms with van der Waals surface area (Å²) in [6.45, 7) is 3.56. The first-order valence-electron chi connectivity index (χ1n) is 4.17. The van der Waals surface area contributed by atoms with Crippen molar-refractivity contribution in [1.29, 1.82) is 0 Å². The Kier molecular flexibility index (Phi) is 3.28. The fourth-order valence-corrected chi connectivity index (χ4v) is 1.24. The van der Waals surface area contributed by atoms with Gasteiger partial charge in [-0.15, -0.1) is 0 Å². The van der Waals surface area contributed by atoms with Crippen LogP contribution in [-0.4, -0.2) is 19.1 Å². The molecule has 0 radical (unpaired) electrons. The third-order valence-electron chi connectivity index (χ3n) is 1.93. The number of nitrogens with zero attached hydrogens (tertiary/aromatic N) is 1. The molecule has 0 aliphatic rings. The molecular formula is C10H11NO4. The molecule has 1 rings (SSSR count). The molecule has 1 aromatic carbocycles. The topological polar surface area (TPSA) is 61.6 Å². The molecule has 0 aliphatic heterocycles. The van der Waals surface area contributed by atoms with Gasteiger partial charge in [-0.1, -0.05) is 12.7 Å². The second-order valence-corrected chi connectivity index (χ2v) is 2.73.